The molecule has 2 N–H and O–H groups in total. The van der Waals surface area contributed by atoms with Crippen LogP contribution in [0.2, 0.25) is 0 Å². The average molecular weight is 308 g/mol. The van der Waals surface area contributed by atoms with Crippen LogP contribution in [-0.4, -0.2) is 38.4 Å². The van der Waals surface area contributed by atoms with Gasteiger partial charge in [-0.3, -0.25) is 4.79 Å². The Morgan fingerprint density at radius 3 is 2.95 bits per heavy atom. The SMILES string of the molecule is O=C(NC1CCCS(=O)(=O)C1)c1ccc2c(c1)CCCN2. The van der Waals surface area contributed by atoms with Crippen molar-refractivity contribution in [2.45, 2.75) is 31.7 Å². The number of carbonyl (C=O) groups excluding carboxylic acids is 1. The highest BCUT2D eigenvalue weighted by molar-refractivity contribution is 7.91. The van der Waals surface area contributed by atoms with Crippen molar-refractivity contribution < 1.29 is 13.2 Å². The van der Waals surface area contributed by atoms with Crippen molar-refractivity contribution in [1.29, 1.82) is 0 Å². The van der Waals surface area contributed by atoms with E-state index in [0.29, 0.717) is 12.0 Å². The summed E-state index contributed by atoms with van der Waals surface area (Å²) < 4.78 is 23.2. The van der Waals surface area contributed by atoms with Crippen LogP contribution in [0, 0.1) is 0 Å². The Hall–Kier alpha value is -1.56. The molecule has 1 amide bonds. The monoisotopic (exact) mass is 308 g/mol. The molecular weight excluding hydrogens is 288 g/mol. The van der Waals surface area contributed by atoms with Crippen LogP contribution in [0.1, 0.15) is 35.2 Å². The summed E-state index contributed by atoms with van der Waals surface area (Å²) in [5.74, 6) is 0.125. The molecule has 0 aliphatic carbocycles. The molecule has 1 fully saturated rings. The fourth-order valence-electron chi connectivity index (χ4n) is 3.02. The Morgan fingerprint density at radius 2 is 2.14 bits per heavy atom. The Kier molecular flexibility index (Phi) is 3.89. The van der Waals surface area contributed by atoms with E-state index in [1.165, 1.54) is 0 Å². The maximum Gasteiger partial charge on any atom is 0.251 e. The quantitative estimate of drug-likeness (QED) is 0.865. The molecule has 6 heteroatoms. The number of sulfone groups is 1. The summed E-state index contributed by atoms with van der Waals surface area (Å²) in [5.41, 5.74) is 2.86. The molecule has 0 saturated carbocycles. The fourth-order valence-corrected chi connectivity index (χ4v) is 4.66. The van der Waals surface area contributed by atoms with E-state index in [1.807, 2.05) is 12.1 Å². The van der Waals surface area contributed by atoms with Crippen LogP contribution < -0.4 is 10.6 Å². The lowest BCUT2D eigenvalue weighted by molar-refractivity contribution is 0.0938. The number of nitrogens with one attached hydrogen (secondary N) is 2. The van der Waals surface area contributed by atoms with E-state index in [2.05, 4.69) is 10.6 Å². The van der Waals surface area contributed by atoms with E-state index < -0.39 is 9.84 Å². The van der Waals surface area contributed by atoms with Gasteiger partial charge in [-0.1, -0.05) is 0 Å². The van der Waals surface area contributed by atoms with E-state index in [-0.39, 0.29) is 23.5 Å². The van der Waals surface area contributed by atoms with Gasteiger partial charge in [-0.05, 0) is 49.4 Å². The first-order valence-corrected chi connectivity index (χ1v) is 9.24. The van der Waals surface area contributed by atoms with Gasteiger partial charge >= 0.3 is 0 Å². The van der Waals surface area contributed by atoms with Crippen molar-refractivity contribution in [2.24, 2.45) is 0 Å². The lowest BCUT2D eigenvalue weighted by Crippen LogP contribution is -2.43. The maximum atomic E-state index is 12.3. The van der Waals surface area contributed by atoms with Crippen LogP contribution in [-0.2, 0) is 16.3 Å². The highest BCUT2D eigenvalue weighted by Gasteiger charge is 2.26. The van der Waals surface area contributed by atoms with Crippen molar-refractivity contribution in [3.63, 3.8) is 0 Å². The molecule has 1 saturated heterocycles. The number of benzene rings is 1. The first kappa shape index (κ1) is 14.4. The molecule has 114 valence electrons. The fraction of sp³-hybridized carbons (Fsp3) is 0.533. The number of amides is 1. The van der Waals surface area contributed by atoms with Gasteiger partial charge in [0.25, 0.3) is 5.91 Å². The summed E-state index contributed by atoms with van der Waals surface area (Å²) in [6.45, 7) is 0.971. The standard InChI is InChI=1S/C15H20N2O3S/c18-15(17-13-4-2-8-21(19,20)10-13)12-5-6-14-11(9-12)3-1-7-16-14/h5-6,9,13,16H,1-4,7-8,10H2,(H,17,18). The number of rotatable bonds is 2. The molecule has 0 spiro atoms. The molecule has 3 rings (SSSR count). The molecular formula is C15H20N2O3S. The second-order valence-electron chi connectivity index (χ2n) is 5.83. The molecule has 2 aliphatic heterocycles. The Bertz CT molecular complexity index is 655. The van der Waals surface area contributed by atoms with Crippen LogP contribution in [0.5, 0.6) is 0 Å². The van der Waals surface area contributed by atoms with Crippen LogP contribution in [0.15, 0.2) is 18.2 Å². The van der Waals surface area contributed by atoms with Gasteiger partial charge in [0, 0.05) is 23.8 Å². The number of anilines is 1. The summed E-state index contributed by atoms with van der Waals surface area (Å²) in [4.78, 5) is 12.3. The molecule has 1 atom stereocenters. The molecule has 2 heterocycles. The van der Waals surface area contributed by atoms with E-state index >= 15 is 0 Å². The van der Waals surface area contributed by atoms with Crippen molar-refractivity contribution in [3.8, 4) is 0 Å². The summed E-state index contributed by atoms with van der Waals surface area (Å²) in [5, 5.41) is 6.17. The Morgan fingerprint density at radius 1 is 1.29 bits per heavy atom. The lowest BCUT2D eigenvalue weighted by Gasteiger charge is -2.23. The number of hydrogen-bond acceptors (Lipinski definition) is 4. The molecule has 0 bridgehead atoms. The Labute approximate surface area is 125 Å². The van der Waals surface area contributed by atoms with Crippen LogP contribution in [0.25, 0.3) is 0 Å². The van der Waals surface area contributed by atoms with Crippen LogP contribution in [0.3, 0.4) is 0 Å². The van der Waals surface area contributed by atoms with E-state index in [1.54, 1.807) is 6.07 Å². The third-order valence-electron chi connectivity index (χ3n) is 4.10. The molecule has 5 nitrogen and oxygen atoms in total. The topological polar surface area (TPSA) is 75.3 Å². The van der Waals surface area contributed by atoms with E-state index in [0.717, 1.165) is 37.1 Å². The zero-order valence-electron chi connectivity index (χ0n) is 11.9. The first-order chi connectivity index (χ1) is 10.0. The minimum atomic E-state index is -3.00. The molecule has 1 aromatic rings. The first-order valence-electron chi connectivity index (χ1n) is 7.42. The molecule has 21 heavy (non-hydrogen) atoms. The number of aryl methyl sites for hydroxylation is 1. The Balaban J connectivity index is 1.70. The van der Waals surface area contributed by atoms with Crippen LogP contribution >= 0.6 is 0 Å². The van der Waals surface area contributed by atoms with Gasteiger partial charge in [0.2, 0.25) is 0 Å². The van der Waals surface area contributed by atoms with Gasteiger partial charge in [0.05, 0.1) is 11.5 Å². The van der Waals surface area contributed by atoms with Gasteiger partial charge in [-0.2, -0.15) is 0 Å². The number of fused-ring (bicyclic) bond motifs is 1. The van der Waals surface area contributed by atoms with Gasteiger partial charge in [0.15, 0.2) is 9.84 Å². The third kappa shape index (κ3) is 3.37. The normalized spacial score (nSPS) is 23.7. The number of hydrogen-bond donors (Lipinski definition) is 2. The maximum absolute atomic E-state index is 12.3. The van der Waals surface area contributed by atoms with Gasteiger partial charge in [0.1, 0.15) is 0 Å². The van der Waals surface area contributed by atoms with Gasteiger partial charge in [-0.15, -0.1) is 0 Å². The van der Waals surface area contributed by atoms with Crippen LogP contribution in [0.4, 0.5) is 5.69 Å². The van der Waals surface area contributed by atoms with Gasteiger partial charge in [-0.25, -0.2) is 8.42 Å². The molecule has 1 aromatic carbocycles. The molecule has 2 aliphatic rings. The molecule has 0 radical (unpaired) electrons. The van der Waals surface area contributed by atoms with Crippen molar-refractivity contribution in [1.82, 2.24) is 5.32 Å². The second kappa shape index (κ2) is 5.67. The zero-order valence-corrected chi connectivity index (χ0v) is 12.7. The largest absolute Gasteiger partial charge is 0.385 e. The predicted octanol–water partition coefficient (Wildman–Crippen LogP) is 1.35. The summed E-state index contributed by atoms with van der Waals surface area (Å²) in [6.07, 6.45) is 3.40. The predicted molar refractivity (Wildman–Crippen MR) is 82.4 cm³/mol. The summed E-state index contributed by atoms with van der Waals surface area (Å²) >= 11 is 0. The van der Waals surface area contributed by atoms with Gasteiger partial charge < -0.3 is 10.6 Å². The van der Waals surface area contributed by atoms with Crippen molar-refractivity contribution in [3.05, 3.63) is 29.3 Å². The minimum Gasteiger partial charge on any atom is -0.385 e. The second-order valence-corrected chi connectivity index (χ2v) is 8.06. The zero-order chi connectivity index (χ0) is 14.9. The smallest absolute Gasteiger partial charge is 0.251 e. The summed E-state index contributed by atoms with van der Waals surface area (Å²) in [6, 6.07) is 5.38. The molecule has 1 unspecified atom stereocenters. The molecule has 0 aromatic heterocycles. The van der Waals surface area contributed by atoms with E-state index in [4.69, 9.17) is 0 Å². The average Bonchev–Trinajstić information content (AvgIpc) is 2.45. The highest BCUT2D eigenvalue weighted by Crippen LogP contribution is 2.23. The third-order valence-corrected chi connectivity index (χ3v) is 5.92. The van der Waals surface area contributed by atoms with Crippen molar-refractivity contribution in [2.75, 3.05) is 23.4 Å². The highest BCUT2D eigenvalue weighted by atomic mass is 32.2. The van der Waals surface area contributed by atoms with Crippen molar-refractivity contribution >= 4 is 21.4 Å². The number of carbonyl (C=O) groups is 1. The lowest BCUT2D eigenvalue weighted by atomic mass is 10.0. The van der Waals surface area contributed by atoms with E-state index in [9.17, 15) is 13.2 Å². The summed E-state index contributed by atoms with van der Waals surface area (Å²) in [7, 11) is -3.00. The minimum absolute atomic E-state index is 0.0608.